The third kappa shape index (κ3) is 8.33. The molecule has 0 aliphatic heterocycles. The first-order chi connectivity index (χ1) is 27.4. The maximum absolute atomic E-state index is 13.6. The van der Waals surface area contributed by atoms with E-state index in [9.17, 15) is 24.3 Å². The van der Waals surface area contributed by atoms with E-state index in [2.05, 4.69) is 25.4 Å². The maximum Gasteiger partial charge on any atom is 0.317 e. The van der Waals surface area contributed by atoms with Crippen molar-refractivity contribution >= 4 is 62.2 Å². The number of nitrogens with one attached hydrogen (secondary N) is 1. The van der Waals surface area contributed by atoms with Gasteiger partial charge in [0.15, 0.2) is 10.7 Å². The summed E-state index contributed by atoms with van der Waals surface area (Å²) in [5.74, 6) is -1.29. The first-order valence-electron chi connectivity index (χ1n) is 18.0. The normalized spacial score (nSPS) is 11.9. The van der Waals surface area contributed by atoms with Crippen molar-refractivity contribution in [2.45, 2.75) is 60.2 Å². The number of oxazole rings is 1. The molecule has 0 unspecified atom stereocenters. The third-order valence-corrected chi connectivity index (χ3v) is 9.86. The van der Waals surface area contributed by atoms with Gasteiger partial charge in [-0.15, -0.1) is 0 Å². The second-order valence-electron chi connectivity index (χ2n) is 12.8. The van der Waals surface area contributed by atoms with Crippen LogP contribution >= 0.6 is 11.3 Å². The zero-order valence-corrected chi connectivity index (χ0v) is 32.8. The highest BCUT2D eigenvalue weighted by Gasteiger charge is 2.23. The number of hydrogen-bond acceptors (Lipinski definition) is 12. The number of ether oxygens (including phenoxy) is 2. The van der Waals surface area contributed by atoms with E-state index >= 15 is 0 Å². The Labute approximate surface area is 329 Å². The van der Waals surface area contributed by atoms with Crippen LogP contribution in [0.1, 0.15) is 79.3 Å². The number of imidazole rings is 1. The van der Waals surface area contributed by atoms with Gasteiger partial charge in [0.1, 0.15) is 28.2 Å². The lowest BCUT2D eigenvalue weighted by Gasteiger charge is -2.13. The molecule has 4 aromatic heterocycles. The smallest absolute Gasteiger partial charge is 0.317 e. The van der Waals surface area contributed by atoms with Gasteiger partial charge < -0.3 is 39.6 Å². The first-order valence-corrected chi connectivity index (χ1v) is 18.8. The number of amides is 4. The van der Waals surface area contributed by atoms with E-state index in [-0.39, 0.29) is 59.7 Å². The number of thiazole rings is 1. The highest BCUT2D eigenvalue weighted by atomic mass is 32.1. The van der Waals surface area contributed by atoms with Gasteiger partial charge in [-0.05, 0) is 50.6 Å². The van der Waals surface area contributed by atoms with Gasteiger partial charge in [0.2, 0.25) is 23.5 Å². The molecule has 0 fully saturated rings. The summed E-state index contributed by atoms with van der Waals surface area (Å²) in [6.07, 6.45) is 4.43. The quantitative estimate of drug-likeness (QED) is 0.0813. The van der Waals surface area contributed by atoms with Crippen molar-refractivity contribution in [2.75, 3.05) is 25.6 Å². The van der Waals surface area contributed by atoms with Crippen LogP contribution < -0.4 is 31.1 Å². The topological polar surface area (TPSA) is 250 Å². The molecule has 0 aliphatic carbocycles. The number of anilines is 1. The number of nitrogens with zero attached hydrogens (tertiary/aromatic N) is 7. The minimum absolute atomic E-state index is 0.0366. The minimum atomic E-state index is -0.700. The van der Waals surface area contributed by atoms with Gasteiger partial charge in [-0.3, -0.25) is 29.2 Å². The summed E-state index contributed by atoms with van der Waals surface area (Å²) in [5.41, 5.74) is 14.5. The summed E-state index contributed by atoms with van der Waals surface area (Å²) in [6, 6.07) is 7.81. The fourth-order valence-corrected chi connectivity index (χ4v) is 7.33. The van der Waals surface area contributed by atoms with E-state index < -0.39 is 23.6 Å². The fourth-order valence-electron chi connectivity index (χ4n) is 6.24. The van der Waals surface area contributed by atoms with Crippen LogP contribution in [0.2, 0.25) is 0 Å². The lowest BCUT2D eigenvalue weighted by molar-refractivity contribution is 0.0965. The molecule has 4 heterocycles. The number of carbonyl (C=O) groups is 4. The number of benzene rings is 2. The summed E-state index contributed by atoms with van der Waals surface area (Å²) >= 11 is 1.16. The Kier molecular flexibility index (Phi) is 12.0. The maximum atomic E-state index is 13.6. The van der Waals surface area contributed by atoms with Crippen LogP contribution in [0.4, 0.5) is 5.95 Å². The predicted octanol–water partition coefficient (Wildman–Crippen LogP) is 3.65. The number of fused-ring (bicyclic) bond motifs is 2. The zero-order chi connectivity index (χ0) is 41.0. The number of aliphatic hydroxyl groups excluding tert-OH is 1. The van der Waals surface area contributed by atoms with E-state index in [1.54, 1.807) is 39.8 Å². The molecule has 6 aromatic rings. The molecular weight excluding hydrogens is 757 g/mol. The van der Waals surface area contributed by atoms with E-state index in [1.807, 2.05) is 26.0 Å². The Morgan fingerprint density at radius 3 is 2.33 bits per heavy atom. The van der Waals surface area contributed by atoms with Crippen LogP contribution in [0.25, 0.3) is 21.3 Å². The average molecular weight is 799 g/mol. The molecule has 2 aromatic carbocycles. The molecule has 4 amide bonds. The highest BCUT2D eigenvalue weighted by molar-refractivity contribution is 7.16. The van der Waals surface area contributed by atoms with Gasteiger partial charge in [-0.1, -0.05) is 30.4 Å². The largest absolute Gasteiger partial charge is 0.494 e. The van der Waals surface area contributed by atoms with Gasteiger partial charge in [0.05, 0.1) is 35.3 Å². The van der Waals surface area contributed by atoms with E-state index in [1.165, 1.54) is 25.3 Å². The molecule has 6 rings (SSSR count). The number of allylic oxidation sites excluding steroid dienone is 2. The number of rotatable bonds is 16. The number of hydrogen-bond donors (Lipinski definition) is 4. The highest BCUT2D eigenvalue weighted by Crippen LogP contribution is 2.32. The van der Waals surface area contributed by atoms with Gasteiger partial charge >= 0.3 is 5.91 Å². The van der Waals surface area contributed by atoms with Crippen LogP contribution in [0.15, 0.2) is 51.9 Å². The first kappa shape index (κ1) is 40.1. The van der Waals surface area contributed by atoms with Crippen LogP contribution in [-0.4, -0.2) is 77.9 Å². The van der Waals surface area contributed by atoms with Crippen molar-refractivity contribution in [1.82, 2.24) is 28.9 Å². The van der Waals surface area contributed by atoms with E-state index in [4.69, 9.17) is 25.4 Å². The SMILES string of the molecule is CCc1nc(C)oc1C(=O)/N=c1\sc2cc(C(N)=O)cc(OC)c2n1C/C=C/Cn1c(NC(=O)c2cc(C)nn2CC)nc2cc(C(N)=O)cc(OCCCO)c21. The molecule has 0 bridgehead atoms. The van der Waals surface area contributed by atoms with Crippen LogP contribution in [0, 0.1) is 13.8 Å². The summed E-state index contributed by atoms with van der Waals surface area (Å²) in [4.78, 5) is 65.3. The Morgan fingerprint density at radius 2 is 1.67 bits per heavy atom. The van der Waals surface area contributed by atoms with Crippen molar-refractivity contribution in [3.05, 3.63) is 87.1 Å². The van der Waals surface area contributed by atoms with Crippen molar-refractivity contribution in [3.8, 4) is 11.5 Å². The molecular formula is C38H42N10O8S. The molecule has 0 atom stereocenters. The average Bonchev–Trinajstić information content (AvgIpc) is 3.95. The molecule has 0 saturated heterocycles. The summed E-state index contributed by atoms with van der Waals surface area (Å²) in [5, 5.41) is 16.7. The van der Waals surface area contributed by atoms with Crippen LogP contribution in [0.3, 0.4) is 0 Å². The molecule has 0 radical (unpaired) electrons. The van der Waals surface area contributed by atoms with Crippen LogP contribution in [0.5, 0.6) is 11.5 Å². The van der Waals surface area contributed by atoms with Gasteiger partial charge in [-0.2, -0.15) is 10.1 Å². The number of aromatic nitrogens is 6. The molecule has 0 spiro atoms. The second kappa shape index (κ2) is 17.0. The third-order valence-electron chi connectivity index (χ3n) is 8.83. The van der Waals surface area contributed by atoms with Gasteiger partial charge in [-0.25, -0.2) is 9.97 Å². The number of aryl methyl sites for hydroxylation is 4. The van der Waals surface area contributed by atoms with Gasteiger partial charge in [0, 0.05) is 50.7 Å². The Balaban J connectivity index is 1.44. The monoisotopic (exact) mass is 798 g/mol. The second-order valence-corrected chi connectivity index (χ2v) is 13.8. The predicted molar refractivity (Wildman–Crippen MR) is 211 cm³/mol. The number of aliphatic hydroxyl groups is 1. The number of carbonyl (C=O) groups excluding carboxylic acids is 4. The lowest BCUT2D eigenvalue weighted by atomic mass is 10.1. The summed E-state index contributed by atoms with van der Waals surface area (Å²) in [6.45, 7) is 7.95. The lowest BCUT2D eigenvalue weighted by Crippen LogP contribution is -2.20. The Hall–Kier alpha value is -6.60. The van der Waals surface area contributed by atoms with E-state index in [0.29, 0.717) is 69.4 Å². The fraction of sp³-hybridized carbons (Fsp3) is 0.316. The van der Waals surface area contributed by atoms with Gasteiger partial charge in [0.25, 0.3) is 5.91 Å². The van der Waals surface area contributed by atoms with Crippen LogP contribution in [-0.2, 0) is 26.1 Å². The molecule has 19 heteroatoms. The number of nitrogens with two attached hydrogens (primary N) is 2. The standard InChI is InChI=1S/C38H42N10O8S/c1-6-24-32(56-21(4)41-24)36(53)44-38-47(31-27(54-5)17-23(34(40)51)19-29(31)57-38)12-9-8-11-46-30-25(16-22(33(39)50)18-28(30)55-14-10-13-49)42-37(46)43-35(52)26-15-20(3)45-48(26)7-2/h8-9,15-19,49H,6-7,10-14H2,1-5H3,(H2,39,50)(H2,40,51)(H,42,43,52)/b9-8+,44-38-. The summed E-state index contributed by atoms with van der Waals surface area (Å²) in [7, 11) is 1.46. The van der Waals surface area contributed by atoms with Crippen molar-refractivity contribution < 1.29 is 38.2 Å². The number of primary amides is 2. The van der Waals surface area contributed by atoms with E-state index in [0.717, 1.165) is 11.3 Å². The molecule has 0 aliphatic rings. The molecule has 6 N–H and O–H groups in total. The molecule has 18 nitrogen and oxygen atoms in total. The number of methoxy groups -OCH3 is 1. The Bertz CT molecular complexity index is 2630. The minimum Gasteiger partial charge on any atom is -0.494 e. The summed E-state index contributed by atoms with van der Waals surface area (Å²) < 4.78 is 23.0. The molecule has 0 saturated carbocycles. The van der Waals surface area contributed by atoms with Crippen molar-refractivity contribution in [3.63, 3.8) is 0 Å². The zero-order valence-electron chi connectivity index (χ0n) is 32.0. The Morgan fingerprint density at radius 1 is 0.965 bits per heavy atom. The molecule has 298 valence electrons. The molecule has 57 heavy (non-hydrogen) atoms. The van der Waals surface area contributed by atoms with Crippen molar-refractivity contribution in [1.29, 1.82) is 0 Å². The van der Waals surface area contributed by atoms with Crippen molar-refractivity contribution in [2.24, 2.45) is 16.5 Å².